The molecule has 0 aliphatic carbocycles. The maximum Gasteiger partial charge on any atom is 0.254 e. The van der Waals surface area contributed by atoms with Crippen molar-refractivity contribution in [1.29, 1.82) is 0 Å². The van der Waals surface area contributed by atoms with Crippen molar-refractivity contribution in [2.45, 2.75) is 25.7 Å². The van der Waals surface area contributed by atoms with Crippen LogP contribution in [0.1, 0.15) is 36.0 Å². The van der Waals surface area contributed by atoms with Gasteiger partial charge in [0.15, 0.2) is 0 Å². The van der Waals surface area contributed by atoms with Crippen molar-refractivity contribution in [3.8, 4) is 0 Å². The fourth-order valence-electron chi connectivity index (χ4n) is 3.01. The van der Waals surface area contributed by atoms with Crippen LogP contribution in [0.15, 0.2) is 18.3 Å². The number of pyridine rings is 1. The molecule has 1 aromatic heterocycles. The number of rotatable bonds is 2. The Bertz CT molecular complexity index is 555. The van der Waals surface area contributed by atoms with Crippen LogP contribution in [0, 0.1) is 0 Å². The molecule has 3 heterocycles. The van der Waals surface area contributed by atoms with Gasteiger partial charge in [0.25, 0.3) is 5.91 Å². The van der Waals surface area contributed by atoms with Gasteiger partial charge in [-0.2, -0.15) is 0 Å². The highest BCUT2D eigenvalue weighted by atomic mass is 16.2. The van der Waals surface area contributed by atoms with E-state index in [1.165, 1.54) is 6.42 Å². The zero-order chi connectivity index (χ0) is 15.4. The van der Waals surface area contributed by atoms with Crippen molar-refractivity contribution < 1.29 is 9.59 Å². The number of piperidine rings is 1. The van der Waals surface area contributed by atoms with Crippen LogP contribution in [-0.2, 0) is 4.79 Å². The van der Waals surface area contributed by atoms with Gasteiger partial charge in [-0.3, -0.25) is 9.59 Å². The summed E-state index contributed by atoms with van der Waals surface area (Å²) in [6, 6.07) is 3.58. The number of amides is 2. The van der Waals surface area contributed by atoms with E-state index >= 15 is 0 Å². The van der Waals surface area contributed by atoms with E-state index in [1.807, 2.05) is 15.9 Å². The molecule has 0 aromatic carbocycles. The highest BCUT2D eigenvalue weighted by Crippen LogP contribution is 2.17. The van der Waals surface area contributed by atoms with Crippen LogP contribution in [0.25, 0.3) is 0 Å². The summed E-state index contributed by atoms with van der Waals surface area (Å²) in [5.41, 5.74) is 0.663. The summed E-state index contributed by atoms with van der Waals surface area (Å²) in [7, 11) is 0. The van der Waals surface area contributed by atoms with Crippen LogP contribution >= 0.6 is 0 Å². The molecule has 22 heavy (non-hydrogen) atoms. The molecule has 2 saturated heterocycles. The number of hydrogen-bond acceptors (Lipinski definition) is 4. The minimum atomic E-state index is 0.00654. The zero-order valence-electron chi connectivity index (χ0n) is 12.8. The molecule has 2 fully saturated rings. The first-order valence-corrected chi connectivity index (χ1v) is 8.01. The Morgan fingerprint density at radius 2 is 1.95 bits per heavy atom. The van der Waals surface area contributed by atoms with Gasteiger partial charge < -0.3 is 15.1 Å². The van der Waals surface area contributed by atoms with Crippen molar-refractivity contribution in [2.75, 3.05) is 37.6 Å². The second-order valence-electron chi connectivity index (χ2n) is 5.88. The Hall–Kier alpha value is -2.11. The molecular formula is C16H22N4O2. The number of nitrogens with zero attached hydrogens (tertiary/aromatic N) is 3. The molecule has 0 saturated carbocycles. The maximum atomic E-state index is 12.6. The molecule has 0 unspecified atom stereocenters. The molecule has 3 rings (SSSR count). The highest BCUT2D eigenvalue weighted by Gasteiger charge is 2.21. The van der Waals surface area contributed by atoms with Crippen LogP contribution in [-0.4, -0.2) is 54.4 Å². The number of carbonyl (C=O) groups is 2. The van der Waals surface area contributed by atoms with E-state index in [0.29, 0.717) is 24.5 Å². The van der Waals surface area contributed by atoms with Crippen LogP contribution in [0.4, 0.5) is 5.82 Å². The largest absolute Gasteiger partial charge is 0.354 e. The summed E-state index contributed by atoms with van der Waals surface area (Å²) >= 11 is 0. The third-order valence-corrected chi connectivity index (χ3v) is 4.22. The lowest BCUT2D eigenvalue weighted by atomic mass is 10.1. The first kappa shape index (κ1) is 14.8. The first-order valence-electron chi connectivity index (χ1n) is 8.01. The molecule has 0 spiro atoms. The molecule has 0 bridgehead atoms. The Labute approximate surface area is 130 Å². The molecule has 0 atom stereocenters. The number of anilines is 1. The minimum absolute atomic E-state index is 0.00654. The van der Waals surface area contributed by atoms with Crippen LogP contribution < -0.4 is 10.2 Å². The van der Waals surface area contributed by atoms with Gasteiger partial charge in [0, 0.05) is 37.9 Å². The van der Waals surface area contributed by atoms with Gasteiger partial charge in [-0.05, 0) is 37.8 Å². The summed E-state index contributed by atoms with van der Waals surface area (Å²) in [6.45, 7) is 3.44. The second-order valence-corrected chi connectivity index (χ2v) is 5.88. The standard InChI is InChI=1S/C16H22N4O2/c21-15-12-20(10-4-6-18-15)14-11-13(5-7-17-14)16(22)19-8-2-1-3-9-19/h5,7,11H,1-4,6,8-10,12H2,(H,18,21). The van der Waals surface area contributed by atoms with E-state index in [1.54, 1.807) is 12.3 Å². The van der Waals surface area contributed by atoms with Gasteiger partial charge >= 0.3 is 0 Å². The number of nitrogens with one attached hydrogen (secondary N) is 1. The van der Waals surface area contributed by atoms with Gasteiger partial charge in [0.1, 0.15) is 5.82 Å². The number of carbonyl (C=O) groups excluding carboxylic acids is 2. The molecule has 2 aliphatic heterocycles. The summed E-state index contributed by atoms with van der Waals surface area (Å²) in [4.78, 5) is 32.4. The fourth-order valence-corrected chi connectivity index (χ4v) is 3.01. The lowest BCUT2D eigenvalue weighted by molar-refractivity contribution is -0.119. The quantitative estimate of drug-likeness (QED) is 0.886. The zero-order valence-corrected chi connectivity index (χ0v) is 12.8. The molecule has 6 heteroatoms. The summed E-state index contributed by atoms with van der Waals surface area (Å²) < 4.78 is 0. The van der Waals surface area contributed by atoms with Crippen molar-refractivity contribution in [2.24, 2.45) is 0 Å². The molecular weight excluding hydrogens is 280 g/mol. The number of likely N-dealkylation sites (tertiary alicyclic amines) is 1. The summed E-state index contributed by atoms with van der Waals surface area (Å²) in [6.07, 6.45) is 5.91. The van der Waals surface area contributed by atoms with E-state index in [4.69, 9.17) is 0 Å². The summed E-state index contributed by atoms with van der Waals surface area (Å²) in [5.74, 6) is 0.787. The smallest absolute Gasteiger partial charge is 0.254 e. The fraction of sp³-hybridized carbons (Fsp3) is 0.562. The highest BCUT2D eigenvalue weighted by molar-refractivity contribution is 5.95. The van der Waals surface area contributed by atoms with Gasteiger partial charge in [0.2, 0.25) is 5.91 Å². The van der Waals surface area contributed by atoms with E-state index in [0.717, 1.165) is 38.9 Å². The minimum Gasteiger partial charge on any atom is -0.354 e. The van der Waals surface area contributed by atoms with Gasteiger partial charge in [0.05, 0.1) is 6.54 Å². The van der Waals surface area contributed by atoms with Crippen molar-refractivity contribution in [3.05, 3.63) is 23.9 Å². The van der Waals surface area contributed by atoms with E-state index in [-0.39, 0.29) is 11.8 Å². The Morgan fingerprint density at radius 3 is 2.77 bits per heavy atom. The lowest BCUT2D eigenvalue weighted by Gasteiger charge is -2.27. The number of hydrogen-bond donors (Lipinski definition) is 1. The molecule has 2 aliphatic rings. The predicted molar refractivity (Wildman–Crippen MR) is 83.8 cm³/mol. The van der Waals surface area contributed by atoms with Crippen LogP contribution in [0.3, 0.4) is 0 Å². The molecule has 6 nitrogen and oxygen atoms in total. The lowest BCUT2D eigenvalue weighted by Crippen LogP contribution is -2.36. The van der Waals surface area contributed by atoms with Crippen molar-refractivity contribution in [3.63, 3.8) is 0 Å². The SMILES string of the molecule is O=C1CN(c2cc(C(=O)N3CCCCC3)ccn2)CCCN1. The molecule has 2 amide bonds. The Kier molecular flexibility index (Phi) is 4.56. The molecule has 0 radical (unpaired) electrons. The molecule has 1 N–H and O–H groups in total. The topological polar surface area (TPSA) is 65.5 Å². The third-order valence-electron chi connectivity index (χ3n) is 4.22. The molecule has 118 valence electrons. The molecule has 1 aromatic rings. The number of aromatic nitrogens is 1. The van der Waals surface area contributed by atoms with Crippen molar-refractivity contribution >= 4 is 17.6 Å². The van der Waals surface area contributed by atoms with Crippen LogP contribution in [0.5, 0.6) is 0 Å². The Morgan fingerprint density at radius 1 is 1.14 bits per heavy atom. The predicted octanol–water partition coefficient (Wildman–Crippen LogP) is 1.03. The normalized spacial score (nSPS) is 19.5. The summed E-state index contributed by atoms with van der Waals surface area (Å²) in [5, 5.41) is 2.85. The average molecular weight is 302 g/mol. The second kappa shape index (κ2) is 6.77. The van der Waals surface area contributed by atoms with Gasteiger partial charge in [-0.25, -0.2) is 4.98 Å². The first-order chi connectivity index (χ1) is 10.7. The maximum absolute atomic E-state index is 12.6. The van der Waals surface area contributed by atoms with E-state index in [2.05, 4.69) is 10.3 Å². The Balaban J connectivity index is 1.76. The average Bonchev–Trinajstić information content (AvgIpc) is 2.80. The van der Waals surface area contributed by atoms with E-state index in [9.17, 15) is 9.59 Å². The van der Waals surface area contributed by atoms with Gasteiger partial charge in [-0.15, -0.1) is 0 Å². The van der Waals surface area contributed by atoms with Gasteiger partial charge in [-0.1, -0.05) is 0 Å². The van der Waals surface area contributed by atoms with E-state index < -0.39 is 0 Å². The van der Waals surface area contributed by atoms with Crippen molar-refractivity contribution in [1.82, 2.24) is 15.2 Å². The third kappa shape index (κ3) is 3.37. The van der Waals surface area contributed by atoms with Crippen LogP contribution in [0.2, 0.25) is 0 Å². The monoisotopic (exact) mass is 302 g/mol.